The van der Waals surface area contributed by atoms with E-state index in [4.69, 9.17) is 0 Å². The number of carbonyl (C=O) groups is 1. The van der Waals surface area contributed by atoms with Crippen molar-refractivity contribution < 1.29 is 9.90 Å². The van der Waals surface area contributed by atoms with Crippen LogP contribution in [0.25, 0.3) is 0 Å². The Morgan fingerprint density at radius 3 is 3.06 bits per heavy atom. The van der Waals surface area contributed by atoms with Gasteiger partial charge in [-0.2, -0.15) is 0 Å². The van der Waals surface area contributed by atoms with Crippen LogP contribution >= 0.6 is 11.3 Å². The van der Waals surface area contributed by atoms with E-state index >= 15 is 0 Å². The van der Waals surface area contributed by atoms with Gasteiger partial charge in [0.2, 0.25) is 0 Å². The monoisotopic (exact) mass is 238 g/mol. The quantitative estimate of drug-likeness (QED) is 0.864. The van der Waals surface area contributed by atoms with Crippen molar-refractivity contribution in [1.82, 2.24) is 0 Å². The molecular weight excluding hydrogens is 220 g/mol. The summed E-state index contributed by atoms with van der Waals surface area (Å²) in [7, 11) is 0. The zero-order chi connectivity index (χ0) is 11.6. The molecule has 1 N–H and O–H groups in total. The van der Waals surface area contributed by atoms with Gasteiger partial charge in [0.25, 0.3) is 0 Å². The van der Waals surface area contributed by atoms with Gasteiger partial charge in [0.05, 0.1) is 5.41 Å². The molecule has 1 aliphatic carbocycles. The minimum Gasteiger partial charge on any atom is -0.481 e. The lowest BCUT2D eigenvalue weighted by atomic mass is 9.81. The van der Waals surface area contributed by atoms with Crippen LogP contribution in [0, 0.1) is 5.41 Å². The number of carboxylic acid groups (broad SMARTS) is 1. The van der Waals surface area contributed by atoms with Gasteiger partial charge >= 0.3 is 5.97 Å². The van der Waals surface area contributed by atoms with Crippen molar-refractivity contribution in [3.8, 4) is 0 Å². The highest BCUT2D eigenvalue weighted by atomic mass is 32.1. The largest absolute Gasteiger partial charge is 0.481 e. The molecule has 1 aromatic rings. The summed E-state index contributed by atoms with van der Waals surface area (Å²) in [4.78, 5) is 12.8. The molecule has 0 saturated heterocycles. The molecular formula is C13H18O2S. The summed E-state index contributed by atoms with van der Waals surface area (Å²) in [5, 5.41) is 11.5. The first-order chi connectivity index (χ1) is 7.68. The number of hydrogen-bond acceptors (Lipinski definition) is 2. The van der Waals surface area contributed by atoms with Crippen LogP contribution in [-0.4, -0.2) is 11.1 Å². The molecule has 0 radical (unpaired) electrons. The molecule has 1 fully saturated rings. The summed E-state index contributed by atoms with van der Waals surface area (Å²) in [6, 6.07) is 4.19. The van der Waals surface area contributed by atoms with E-state index in [1.807, 2.05) is 0 Å². The number of aliphatic carboxylic acids is 1. The summed E-state index contributed by atoms with van der Waals surface area (Å²) in [5.41, 5.74) is -0.441. The fourth-order valence-electron chi connectivity index (χ4n) is 2.90. The molecule has 0 aromatic carbocycles. The Morgan fingerprint density at radius 1 is 1.69 bits per heavy atom. The van der Waals surface area contributed by atoms with E-state index in [1.54, 1.807) is 11.3 Å². The average molecular weight is 238 g/mol. The lowest BCUT2D eigenvalue weighted by molar-refractivity contribution is -0.149. The van der Waals surface area contributed by atoms with Crippen molar-refractivity contribution in [3.05, 3.63) is 22.4 Å². The third-order valence-electron chi connectivity index (χ3n) is 3.74. The van der Waals surface area contributed by atoms with Gasteiger partial charge in [-0.3, -0.25) is 4.79 Å². The zero-order valence-corrected chi connectivity index (χ0v) is 10.4. The third kappa shape index (κ3) is 2.01. The Bertz CT molecular complexity index is 358. The second-order valence-corrected chi connectivity index (χ2v) is 5.77. The summed E-state index contributed by atoms with van der Waals surface area (Å²) < 4.78 is 0. The lowest BCUT2D eigenvalue weighted by Crippen LogP contribution is -2.27. The van der Waals surface area contributed by atoms with Crippen LogP contribution in [0.5, 0.6) is 0 Å². The van der Waals surface area contributed by atoms with Crippen LogP contribution < -0.4 is 0 Å². The van der Waals surface area contributed by atoms with Crippen molar-refractivity contribution in [1.29, 1.82) is 0 Å². The molecule has 2 atom stereocenters. The molecule has 0 bridgehead atoms. The summed E-state index contributed by atoms with van der Waals surface area (Å²) >= 11 is 1.76. The van der Waals surface area contributed by atoms with E-state index in [-0.39, 0.29) is 0 Å². The van der Waals surface area contributed by atoms with Crippen molar-refractivity contribution >= 4 is 17.3 Å². The van der Waals surface area contributed by atoms with E-state index < -0.39 is 11.4 Å². The van der Waals surface area contributed by atoms with E-state index in [1.165, 1.54) is 4.88 Å². The zero-order valence-electron chi connectivity index (χ0n) is 9.61. The van der Waals surface area contributed by atoms with E-state index in [0.29, 0.717) is 5.92 Å². The first kappa shape index (κ1) is 11.6. The van der Waals surface area contributed by atoms with Gasteiger partial charge in [-0.05, 0) is 43.0 Å². The summed E-state index contributed by atoms with van der Waals surface area (Å²) in [5.74, 6) is -0.115. The van der Waals surface area contributed by atoms with Crippen LogP contribution in [0.2, 0.25) is 0 Å². The molecule has 2 unspecified atom stereocenters. The van der Waals surface area contributed by atoms with Crippen molar-refractivity contribution in [2.24, 2.45) is 5.41 Å². The molecule has 88 valence electrons. The van der Waals surface area contributed by atoms with Gasteiger partial charge in [0.1, 0.15) is 0 Å². The molecule has 1 heterocycles. The molecule has 16 heavy (non-hydrogen) atoms. The number of carboxylic acids is 1. The van der Waals surface area contributed by atoms with Crippen LogP contribution in [0.4, 0.5) is 0 Å². The van der Waals surface area contributed by atoms with E-state index in [9.17, 15) is 9.90 Å². The van der Waals surface area contributed by atoms with E-state index in [2.05, 4.69) is 24.4 Å². The molecule has 2 rings (SSSR count). The van der Waals surface area contributed by atoms with Gasteiger partial charge < -0.3 is 5.11 Å². The first-order valence-electron chi connectivity index (χ1n) is 5.95. The SMILES string of the molecule is CCCC1(C(=O)O)CCC(c2cccs2)C1. The smallest absolute Gasteiger partial charge is 0.309 e. The first-order valence-corrected chi connectivity index (χ1v) is 6.83. The van der Waals surface area contributed by atoms with Crippen molar-refractivity contribution in [2.45, 2.75) is 44.9 Å². The molecule has 3 heteroatoms. The maximum absolute atomic E-state index is 11.4. The summed E-state index contributed by atoms with van der Waals surface area (Å²) in [6.45, 7) is 2.07. The van der Waals surface area contributed by atoms with Gasteiger partial charge in [-0.1, -0.05) is 19.4 Å². The number of thiophene rings is 1. The van der Waals surface area contributed by atoms with Crippen LogP contribution in [0.1, 0.15) is 49.8 Å². The van der Waals surface area contributed by atoms with Gasteiger partial charge in [0.15, 0.2) is 0 Å². The normalized spacial score (nSPS) is 29.4. The second kappa shape index (κ2) is 4.58. The molecule has 0 aliphatic heterocycles. The Balaban J connectivity index is 2.13. The van der Waals surface area contributed by atoms with Crippen molar-refractivity contribution in [2.75, 3.05) is 0 Å². The highest BCUT2D eigenvalue weighted by Gasteiger charge is 2.45. The Hall–Kier alpha value is -0.830. The minimum absolute atomic E-state index is 0.441. The third-order valence-corrected chi connectivity index (χ3v) is 4.77. The molecule has 0 amide bonds. The Kier molecular flexibility index (Phi) is 3.33. The Morgan fingerprint density at radius 2 is 2.50 bits per heavy atom. The predicted molar refractivity (Wildman–Crippen MR) is 65.9 cm³/mol. The molecule has 1 aromatic heterocycles. The van der Waals surface area contributed by atoms with Crippen LogP contribution in [0.15, 0.2) is 17.5 Å². The number of rotatable bonds is 4. The maximum atomic E-state index is 11.4. The minimum atomic E-state index is -0.589. The second-order valence-electron chi connectivity index (χ2n) is 4.79. The molecule has 0 spiro atoms. The maximum Gasteiger partial charge on any atom is 0.309 e. The fraction of sp³-hybridized carbons (Fsp3) is 0.615. The molecule has 1 saturated carbocycles. The van der Waals surface area contributed by atoms with Crippen molar-refractivity contribution in [3.63, 3.8) is 0 Å². The standard InChI is InChI=1S/C13H18O2S/c1-2-6-13(12(14)15)7-5-10(9-13)11-4-3-8-16-11/h3-4,8,10H,2,5-7,9H2,1H3,(H,14,15). The summed E-state index contributed by atoms with van der Waals surface area (Å²) in [6.07, 6.45) is 4.50. The van der Waals surface area contributed by atoms with E-state index in [0.717, 1.165) is 32.1 Å². The van der Waals surface area contributed by atoms with Crippen LogP contribution in [-0.2, 0) is 4.79 Å². The highest BCUT2D eigenvalue weighted by molar-refractivity contribution is 7.10. The van der Waals surface area contributed by atoms with Gasteiger partial charge in [0, 0.05) is 4.88 Å². The topological polar surface area (TPSA) is 37.3 Å². The lowest BCUT2D eigenvalue weighted by Gasteiger charge is -2.23. The Labute approximate surface area is 100 Å². The van der Waals surface area contributed by atoms with Gasteiger partial charge in [-0.15, -0.1) is 11.3 Å². The number of hydrogen-bond donors (Lipinski definition) is 1. The fourth-order valence-corrected chi connectivity index (χ4v) is 3.76. The highest BCUT2D eigenvalue weighted by Crippen LogP contribution is 2.50. The molecule has 2 nitrogen and oxygen atoms in total. The average Bonchev–Trinajstić information content (AvgIpc) is 2.84. The van der Waals surface area contributed by atoms with Crippen LogP contribution in [0.3, 0.4) is 0 Å². The molecule has 1 aliphatic rings. The van der Waals surface area contributed by atoms with Gasteiger partial charge in [-0.25, -0.2) is 0 Å². The predicted octanol–water partition coefficient (Wildman–Crippen LogP) is 3.89.